The number of anilines is 2. The maximum absolute atomic E-state index is 12.5. The number of nitrogens with zero attached hydrogens (tertiary/aromatic N) is 5. The molecule has 39 heavy (non-hydrogen) atoms. The number of benzene rings is 1. The van der Waals surface area contributed by atoms with Gasteiger partial charge in [-0.25, -0.2) is 9.78 Å². The molecule has 2 N–H and O–H groups in total. The Labute approximate surface area is 231 Å². The van der Waals surface area contributed by atoms with E-state index in [0.29, 0.717) is 49.0 Å². The molecule has 0 aliphatic carbocycles. The first kappa shape index (κ1) is 25.5. The van der Waals surface area contributed by atoms with Gasteiger partial charge in [0.1, 0.15) is 17.5 Å². The Kier molecular flexibility index (Phi) is 6.37. The summed E-state index contributed by atoms with van der Waals surface area (Å²) in [6.07, 6.45) is 1.13. The van der Waals surface area contributed by atoms with Crippen molar-refractivity contribution in [1.29, 1.82) is 0 Å². The van der Waals surface area contributed by atoms with E-state index in [9.17, 15) is 9.90 Å². The van der Waals surface area contributed by atoms with Gasteiger partial charge in [0, 0.05) is 37.6 Å². The van der Waals surface area contributed by atoms with Gasteiger partial charge in [0.15, 0.2) is 5.82 Å². The van der Waals surface area contributed by atoms with Crippen molar-refractivity contribution in [1.82, 2.24) is 20.1 Å². The number of amides is 1. The molecule has 2 unspecified atom stereocenters. The lowest BCUT2D eigenvalue weighted by Gasteiger charge is -2.33. The maximum atomic E-state index is 12.5. The summed E-state index contributed by atoms with van der Waals surface area (Å²) in [5.74, 6) is 1.29. The van der Waals surface area contributed by atoms with E-state index in [1.54, 1.807) is 23.1 Å². The van der Waals surface area contributed by atoms with Gasteiger partial charge in [-0.2, -0.15) is 0 Å². The molecule has 5 heterocycles. The van der Waals surface area contributed by atoms with E-state index in [-0.39, 0.29) is 29.0 Å². The van der Waals surface area contributed by atoms with Gasteiger partial charge in [-0.3, -0.25) is 0 Å². The van der Waals surface area contributed by atoms with E-state index in [0.717, 1.165) is 29.9 Å². The van der Waals surface area contributed by atoms with Gasteiger partial charge in [0.05, 0.1) is 41.2 Å². The van der Waals surface area contributed by atoms with Crippen molar-refractivity contribution < 1.29 is 19.4 Å². The minimum Gasteiger partial charge on any atom is -0.506 e. The molecule has 0 bridgehead atoms. The molecule has 0 spiro atoms. The molecule has 0 saturated carbocycles. The Morgan fingerprint density at radius 2 is 2.05 bits per heavy atom. The average Bonchev–Trinajstić information content (AvgIpc) is 3.32. The lowest BCUT2D eigenvalue weighted by atomic mass is 10.1. The van der Waals surface area contributed by atoms with E-state index >= 15 is 0 Å². The second-order valence-electron chi connectivity index (χ2n) is 11.2. The van der Waals surface area contributed by atoms with Gasteiger partial charge in [0.25, 0.3) is 0 Å². The minimum atomic E-state index is -0.525. The lowest BCUT2D eigenvalue weighted by Crippen LogP contribution is -2.40. The molecule has 2 aromatic heterocycles. The number of carbonyl (C=O) groups is 1. The van der Waals surface area contributed by atoms with Crippen LogP contribution in [0.15, 0.2) is 36.4 Å². The highest BCUT2D eigenvalue weighted by Crippen LogP contribution is 2.40. The van der Waals surface area contributed by atoms with Crippen LogP contribution >= 0.6 is 11.6 Å². The zero-order valence-electron chi connectivity index (χ0n) is 22.1. The molecule has 10 nitrogen and oxygen atoms in total. The molecule has 204 valence electrons. The number of fused-ring (bicyclic) bond motifs is 4. The molecule has 1 saturated heterocycles. The Bertz CT molecular complexity index is 1430. The second kappa shape index (κ2) is 9.75. The number of para-hydroxylation sites is 1. The molecule has 1 aromatic carbocycles. The molecule has 2 atom stereocenters. The van der Waals surface area contributed by atoms with Gasteiger partial charge >= 0.3 is 6.09 Å². The molecule has 1 amide bonds. The fraction of sp³-hybridized carbons (Fsp3) is 0.429. The van der Waals surface area contributed by atoms with Crippen LogP contribution in [0.1, 0.15) is 38.4 Å². The molecular formula is C28H31ClN6O4. The fourth-order valence-electron chi connectivity index (χ4n) is 5.36. The summed E-state index contributed by atoms with van der Waals surface area (Å²) in [5, 5.41) is 22.8. The number of hydrogen-bond acceptors (Lipinski definition) is 9. The first-order valence-corrected chi connectivity index (χ1v) is 13.5. The normalized spacial score (nSPS) is 20.0. The van der Waals surface area contributed by atoms with Crippen LogP contribution in [0.4, 0.5) is 16.3 Å². The first-order valence-electron chi connectivity index (χ1n) is 13.1. The predicted molar refractivity (Wildman–Crippen MR) is 147 cm³/mol. The highest BCUT2D eigenvalue weighted by molar-refractivity contribution is 6.32. The van der Waals surface area contributed by atoms with E-state index < -0.39 is 5.60 Å². The Hall–Kier alpha value is -3.79. The van der Waals surface area contributed by atoms with E-state index in [1.165, 1.54) is 0 Å². The molecular weight excluding hydrogens is 520 g/mol. The third-order valence-corrected chi connectivity index (χ3v) is 7.49. The topological polar surface area (TPSA) is 113 Å². The zero-order chi connectivity index (χ0) is 27.3. The highest BCUT2D eigenvalue weighted by Gasteiger charge is 2.38. The summed E-state index contributed by atoms with van der Waals surface area (Å²) in [7, 11) is 0. The van der Waals surface area contributed by atoms with Gasteiger partial charge < -0.3 is 29.7 Å². The third kappa shape index (κ3) is 5.13. The molecule has 3 aromatic rings. The molecule has 3 aliphatic rings. The standard InChI is InChI=1S/C28H31ClN6O4/c1-28(2,3)39-27(37)34-10-9-21-16(14-34)7-8-24(31-21)38-18-11-17-13-30-26-23(35(17)15-18)12-22(32-33-26)19-5-4-6-20(29)25(19)36/h4-8,12,17-18,36H,9-11,13-15H2,1-3H3,(H,30,33). The number of rotatable bonds is 3. The van der Waals surface area contributed by atoms with E-state index in [1.807, 2.05) is 39.0 Å². The number of phenols is 1. The highest BCUT2D eigenvalue weighted by atomic mass is 35.5. The molecule has 11 heteroatoms. The number of aromatic hydroxyl groups is 1. The van der Waals surface area contributed by atoms with Crippen molar-refractivity contribution in [2.24, 2.45) is 0 Å². The quantitative estimate of drug-likeness (QED) is 0.481. The number of pyridine rings is 1. The summed E-state index contributed by atoms with van der Waals surface area (Å²) in [6.45, 7) is 8.06. The largest absolute Gasteiger partial charge is 0.506 e. The Morgan fingerprint density at radius 3 is 2.87 bits per heavy atom. The summed E-state index contributed by atoms with van der Waals surface area (Å²) >= 11 is 6.11. The number of hydrogen-bond donors (Lipinski definition) is 2. The van der Waals surface area contributed by atoms with Crippen LogP contribution in [-0.4, -0.2) is 68.7 Å². The van der Waals surface area contributed by atoms with Crippen LogP contribution < -0.4 is 15.0 Å². The van der Waals surface area contributed by atoms with Gasteiger partial charge in [-0.15, -0.1) is 10.2 Å². The van der Waals surface area contributed by atoms with Crippen LogP contribution in [0, 0.1) is 0 Å². The van der Waals surface area contributed by atoms with Crippen molar-refractivity contribution in [3.63, 3.8) is 0 Å². The molecule has 0 radical (unpaired) electrons. The average molecular weight is 551 g/mol. The smallest absolute Gasteiger partial charge is 0.410 e. The first-order chi connectivity index (χ1) is 18.6. The monoisotopic (exact) mass is 550 g/mol. The predicted octanol–water partition coefficient (Wildman–Crippen LogP) is 4.64. The van der Waals surface area contributed by atoms with Crippen LogP contribution in [0.3, 0.4) is 0 Å². The van der Waals surface area contributed by atoms with Crippen LogP contribution in [0.5, 0.6) is 11.6 Å². The number of carbonyl (C=O) groups excluding carboxylic acids is 1. The van der Waals surface area contributed by atoms with E-state index in [2.05, 4.69) is 20.4 Å². The number of aromatic nitrogens is 3. The fourth-order valence-corrected chi connectivity index (χ4v) is 5.53. The lowest BCUT2D eigenvalue weighted by molar-refractivity contribution is 0.0222. The van der Waals surface area contributed by atoms with Crippen molar-refractivity contribution in [2.45, 2.75) is 57.9 Å². The molecule has 3 aliphatic heterocycles. The van der Waals surface area contributed by atoms with Crippen LogP contribution in [0.2, 0.25) is 5.02 Å². The maximum Gasteiger partial charge on any atom is 0.410 e. The van der Waals surface area contributed by atoms with Gasteiger partial charge in [0.2, 0.25) is 5.88 Å². The summed E-state index contributed by atoms with van der Waals surface area (Å²) < 4.78 is 11.9. The zero-order valence-corrected chi connectivity index (χ0v) is 22.9. The number of nitrogens with one attached hydrogen (secondary N) is 1. The molecule has 1 fully saturated rings. The SMILES string of the molecule is CC(C)(C)OC(=O)N1CCc2nc(OC3CC4CNc5nnc(-c6cccc(Cl)c6O)cc5N4C3)ccc2C1. The summed E-state index contributed by atoms with van der Waals surface area (Å²) in [4.78, 5) is 21.3. The van der Waals surface area contributed by atoms with Crippen molar-refractivity contribution in [2.75, 3.05) is 29.9 Å². The number of ether oxygens (including phenoxy) is 2. The second-order valence-corrected chi connectivity index (χ2v) is 11.6. The Morgan fingerprint density at radius 1 is 1.21 bits per heavy atom. The number of halogens is 1. The van der Waals surface area contributed by atoms with E-state index in [4.69, 9.17) is 26.1 Å². The minimum absolute atomic E-state index is 0.0101. The number of phenolic OH excluding ortho intramolecular Hbond substituents is 1. The molecule has 6 rings (SSSR count). The van der Waals surface area contributed by atoms with Gasteiger partial charge in [-0.05, 0) is 44.5 Å². The van der Waals surface area contributed by atoms with Gasteiger partial charge in [-0.1, -0.05) is 23.7 Å². The summed E-state index contributed by atoms with van der Waals surface area (Å²) in [5.41, 5.74) is 3.45. The van der Waals surface area contributed by atoms with Crippen LogP contribution in [-0.2, 0) is 17.7 Å². The van der Waals surface area contributed by atoms with Crippen LogP contribution in [0.25, 0.3) is 11.3 Å². The Balaban J connectivity index is 1.15. The van der Waals surface area contributed by atoms with Crippen molar-refractivity contribution >= 4 is 29.2 Å². The summed E-state index contributed by atoms with van der Waals surface area (Å²) in [6, 6.07) is 11.2. The third-order valence-electron chi connectivity index (χ3n) is 7.19. The van der Waals surface area contributed by atoms with Crippen molar-refractivity contribution in [3.05, 3.63) is 52.7 Å². The van der Waals surface area contributed by atoms with Crippen molar-refractivity contribution in [3.8, 4) is 22.9 Å².